The van der Waals surface area contributed by atoms with Crippen LogP contribution in [0.2, 0.25) is 0 Å². The van der Waals surface area contributed by atoms with Crippen LogP contribution in [0.4, 0.5) is 5.69 Å². The molecule has 0 N–H and O–H groups in total. The van der Waals surface area contributed by atoms with E-state index in [-0.39, 0.29) is 0 Å². The van der Waals surface area contributed by atoms with Gasteiger partial charge in [0.2, 0.25) is 0 Å². The Morgan fingerprint density at radius 2 is 1.78 bits per heavy atom. The molecule has 2 nitrogen and oxygen atoms in total. The van der Waals surface area contributed by atoms with E-state index in [2.05, 4.69) is 17.9 Å². The number of hydrogen-bond donors (Lipinski definition) is 0. The van der Waals surface area contributed by atoms with Gasteiger partial charge in [0.05, 0.1) is 19.2 Å². The van der Waals surface area contributed by atoms with Gasteiger partial charge in [-0.15, -0.1) is 12.8 Å². The molecule has 0 aliphatic rings. The van der Waals surface area contributed by atoms with E-state index < -0.39 is 0 Å². The molecule has 88 valence electrons. The third kappa shape index (κ3) is 3.75. The fraction of sp³-hybridized carbons (Fsp3) is 0.188. The Hall–Kier alpha value is -2.63. The first kappa shape index (κ1) is 13.4. The maximum atomic E-state index is 8.71. The second kappa shape index (κ2) is 6.85. The number of terminal acetylenes is 2. The van der Waals surface area contributed by atoms with E-state index in [1.54, 1.807) is 6.92 Å². The van der Waals surface area contributed by atoms with Crippen LogP contribution >= 0.6 is 0 Å². The molecule has 0 atom stereocenters. The van der Waals surface area contributed by atoms with E-state index in [0.29, 0.717) is 18.7 Å². The van der Waals surface area contributed by atoms with Gasteiger partial charge in [-0.25, -0.2) is 0 Å². The van der Waals surface area contributed by atoms with Crippen LogP contribution in [0.3, 0.4) is 0 Å². The average molecular weight is 234 g/mol. The van der Waals surface area contributed by atoms with Crippen LogP contribution in [0, 0.1) is 36.0 Å². The Bertz CT molecular complexity index is 529. The number of anilines is 1. The predicted molar refractivity (Wildman–Crippen MR) is 75.6 cm³/mol. The number of nitriles is 1. The Morgan fingerprint density at radius 3 is 2.22 bits per heavy atom. The smallest absolute Gasteiger partial charge is 0.0944 e. The molecular weight excluding hydrogens is 220 g/mol. The molecule has 1 aromatic rings. The summed E-state index contributed by atoms with van der Waals surface area (Å²) in [4.78, 5) is 1.94. The highest BCUT2D eigenvalue weighted by atomic mass is 15.1. The second-order valence-electron chi connectivity index (χ2n) is 3.79. The van der Waals surface area contributed by atoms with Crippen LogP contribution in [0.5, 0.6) is 0 Å². The minimum absolute atomic E-state index is 0.483. The Labute approximate surface area is 109 Å². The third-order valence-corrected chi connectivity index (χ3v) is 2.38. The van der Waals surface area contributed by atoms with E-state index in [1.165, 1.54) is 0 Å². The Balaban J connectivity index is 2.92. The minimum Gasteiger partial charge on any atom is -0.349 e. The summed E-state index contributed by atoms with van der Waals surface area (Å²) in [6, 6.07) is 9.87. The van der Waals surface area contributed by atoms with E-state index in [4.69, 9.17) is 18.1 Å². The molecule has 18 heavy (non-hydrogen) atoms. The molecule has 0 bridgehead atoms. The highest BCUT2D eigenvalue weighted by molar-refractivity contribution is 5.60. The molecule has 0 radical (unpaired) electrons. The molecule has 0 heterocycles. The molecule has 0 aromatic heterocycles. The Morgan fingerprint density at radius 1 is 1.22 bits per heavy atom. The summed E-state index contributed by atoms with van der Waals surface area (Å²) in [5.41, 5.74) is 2.64. The zero-order valence-corrected chi connectivity index (χ0v) is 10.4. The van der Waals surface area contributed by atoms with Crippen LogP contribution in [0.25, 0.3) is 6.08 Å². The molecule has 0 unspecified atom stereocenters. The first-order chi connectivity index (χ1) is 8.71. The summed E-state index contributed by atoms with van der Waals surface area (Å²) in [6.07, 6.45) is 12.4. The number of allylic oxidation sites excluding steroid dienone is 1. The predicted octanol–water partition coefficient (Wildman–Crippen LogP) is 2.69. The zero-order valence-electron chi connectivity index (χ0n) is 10.4. The van der Waals surface area contributed by atoms with Crippen LogP contribution < -0.4 is 4.90 Å². The van der Waals surface area contributed by atoms with Gasteiger partial charge in [0.15, 0.2) is 0 Å². The van der Waals surface area contributed by atoms with Crippen molar-refractivity contribution in [1.82, 2.24) is 0 Å². The van der Waals surface area contributed by atoms with Crippen LogP contribution in [-0.4, -0.2) is 13.1 Å². The number of nitrogens with zero attached hydrogens (tertiary/aromatic N) is 2. The molecule has 0 aliphatic carbocycles. The first-order valence-corrected chi connectivity index (χ1v) is 5.51. The lowest BCUT2D eigenvalue weighted by Gasteiger charge is -2.19. The third-order valence-electron chi connectivity index (χ3n) is 2.38. The van der Waals surface area contributed by atoms with E-state index >= 15 is 0 Å². The highest BCUT2D eigenvalue weighted by Gasteiger charge is 2.02. The number of hydrogen-bond acceptors (Lipinski definition) is 2. The van der Waals surface area contributed by atoms with Gasteiger partial charge >= 0.3 is 0 Å². The summed E-state index contributed by atoms with van der Waals surface area (Å²) in [7, 11) is 0. The molecule has 2 heteroatoms. The van der Waals surface area contributed by atoms with E-state index in [1.807, 2.05) is 35.2 Å². The quantitative estimate of drug-likeness (QED) is 0.591. The van der Waals surface area contributed by atoms with Gasteiger partial charge in [-0.2, -0.15) is 5.26 Å². The highest BCUT2D eigenvalue weighted by Crippen LogP contribution is 2.16. The van der Waals surface area contributed by atoms with Gasteiger partial charge in [-0.1, -0.05) is 24.0 Å². The number of benzene rings is 1. The van der Waals surface area contributed by atoms with Crippen molar-refractivity contribution in [2.75, 3.05) is 18.0 Å². The molecule has 1 rings (SSSR count). The van der Waals surface area contributed by atoms with Gasteiger partial charge in [-0.3, -0.25) is 0 Å². The van der Waals surface area contributed by atoms with Crippen LogP contribution in [-0.2, 0) is 0 Å². The summed E-state index contributed by atoms with van der Waals surface area (Å²) in [5, 5.41) is 8.71. The summed E-state index contributed by atoms with van der Waals surface area (Å²) >= 11 is 0. The minimum atomic E-state index is 0.483. The molecule has 0 saturated carbocycles. The fourth-order valence-corrected chi connectivity index (χ4v) is 1.52. The fourth-order valence-electron chi connectivity index (χ4n) is 1.52. The lowest BCUT2D eigenvalue weighted by atomic mass is 10.1. The normalized spacial score (nSPS) is 10.0. The molecule has 0 saturated heterocycles. The maximum absolute atomic E-state index is 8.71. The van der Waals surface area contributed by atoms with Crippen molar-refractivity contribution >= 4 is 11.8 Å². The van der Waals surface area contributed by atoms with Gasteiger partial charge < -0.3 is 4.90 Å². The maximum Gasteiger partial charge on any atom is 0.0944 e. The van der Waals surface area contributed by atoms with Crippen molar-refractivity contribution in [2.45, 2.75) is 6.92 Å². The molecule has 0 fully saturated rings. The molecule has 0 spiro atoms. The summed E-state index contributed by atoms with van der Waals surface area (Å²) in [5.74, 6) is 5.16. The first-order valence-electron chi connectivity index (χ1n) is 5.51. The van der Waals surface area contributed by atoms with Crippen molar-refractivity contribution in [1.29, 1.82) is 5.26 Å². The van der Waals surface area contributed by atoms with Gasteiger partial charge in [0.25, 0.3) is 0 Å². The van der Waals surface area contributed by atoms with E-state index in [9.17, 15) is 0 Å². The lowest BCUT2D eigenvalue weighted by molar-refractivity contribution is 0.986. The molecule has 0 amide bonds. The monoisotopic (exact) mass is 234 g/mol. The Kier molecular flexibility index (Phi) is 5.11. The van der Waals surface area contributed by atoms with Gasteiger partial charge in [0.1, 0.15) is 0 Å². The molecular formula is C16H14N2. The lowest BCUT2D eigenvalue weighted by Crippen LogP contribution is -2.23. The molecule has 1 aromatic carbocycles. The number of rotatable bonds is 4. The van der Waals surface area contributed by atoms with Crippen molar-refractivity contribution in [3.8, 4) is 30.8 Å². The van der Waals surface area contributed by atoms with Crippen molar-refractivity contribution < 1.29 is 0 Å². The van der Waals surface area contributed by atoms with Gasteiger partial charge in [0, 0.05) is 11.3 Å². The van der Waals surface area contributed by atoms with Gasteiger partial charge in [-0.05, 0) is 30.7 Å². The SMILES string of the molecule is C#CCN(CC#C)c1ccc(/C=C(/C)C#N)cc1. The standard InChI is InChI=1S/C16H14N2/c1-4-10-18(11-5-2)16-8-6-15(7-9-16)12-14(3)13-17/h1-2,6-9,12H,10-11H2,3H3/b14-12-. The topological polar surface area (TPSA) is 27.0 Å². The summed E-state index contributed by atoms with van der Waals surface area (Å²) < 4.78 is 0. The average Bonchev–Trinajstić information content (AvgIpc) is 2.39. The largest absolute Gasteiger partial charge is 0.349 e. The summed E-state index contributed by atoms with van der Waals surface area (Å²) in [6.45, 7) is 2.74. The van der Waals surface area contributed by atoms with Crippen molar-refractivity contribution in [2.24, 2.45) is 0 Å². The second-order valence-corrected chi connectivity index (χ2v) is 3.79. The van der Waals surface area contributed by atoms with Crippen LogP contribution in [0.15, 0.2) is 29.8 Å². The molecule has 0 aliphatic heterocycles. The van der Waals surface area contributed by atoms with Crippen LogP contribution in [0.1, 0.15) is 12.5 Å². The van der Waals surface area contributed by atoms with E-state index in [0.717, 1.165) is 11.3 Å². The van der Waals surface area contributed by atoms with Crippen molar-refractivity contribution in [3.05, 3.63) is 35.4 Å². The zero-order chi connectivity index (χ0) is 13.4. The van der Waals surface area contributed by atoms with Crippen molar-refractivity contribution in [3.63, 3.8) is 0 Å².